The number of esters is 1. The Morgan fingerprint density at radius 2 is 1.95 bits per heavy atom. The number of nitrogens with zero attached hydrogens (tertiary/aromatic N) is 3. The minimum absolute atomic E-state index is 0.0308. The fourth-order valence-electron chi connectivity index (χ4n) is 5.69. The Kier molecular flexibility index (Phi) is 4.53. The summed E-state index contributed by atoms with van der Waals surface area (Å²) in [6.45, 7) is 1.82. The van der Waals surface area contributed by atoms with Crippen LogP contribution in [0.25, 0.3) is 33.3 Å². The summed E-state index contributed by atoms with van der Waals surface area (Å²) < 4.78 is 8.26. The van der Waals surface area contributed by atoms with E-state index in [0.717, 1.165) is 5.56 Å². The van der Waals surface area contributed by atoms with E-state index in [9.17, 15) is 24.6 Å². The molecule has 0 amide bonds. The number of pyridine rings is 2. The van der Waals surface area contributed by atoms with Crippen LogP contribution in [-0.4, -0.2) is 35.3 Å². The third-order valence-electron chi connectivity index (χ3n) is 7.78. The number of aromatic nitrogens is 4. The molecule has 5 heterocycles. The van der Waals surface area contributed by atoms with E-state index < -0.39 is 11.6 Å². The van der Waals surface area contributed by atoms with Gasteiger partial charge < -0.3 is 24.5 Å². The van der Waals surface area contributed by atoms with Crippen molar-refractivity contribution in [1.29, 1.82) is 0 Å². The highest BCUT2D eigenvalue weighted by Gasteiger charge is 2.45. The third kappa shape index (κ3) is 2.91. The van der Waals surface area contributed by atoms with Gasteiger partial charge in [0.05, 0.1) is 46.6 Å². The van der Waals surface area contributed by atoms with Crippen LogP contribution in [0.5, 0.6) is 5.75 Å². The normalized spacial score (nSPS) is 17.9. The molecule has 0 unspecified atom stereocenters. The van der Waals surface area contributed by atoms with Gasteiger partial charge in [0.2, 0.25) is 0 Å². The number of nitrogens with one attached hydrogen (secondary N) is 1. The maximum atomic E-state index is 13.4. The Balaban J connectivity index is 1.41. The molecular weight excluding hydrogens is 488 g/mol. The molecule has 190 valence electrons. The number of aromatic amines is 1. The topological polar surface area (TPSA) is 139 Å². The second kappa shape index (κ2) is 7.65. The van der Waals surface area contributed by atoms with Crippen molar-refractivity contribution < 1.29 is 19.7 Å². The zero-order valence-electron chi connectivity index (χ0n) is 20.3. The molecule has 0 saturated heterocycles. The predicted molar refractivity (Wildman–Crippen MR) is 138 cm³/mol. The second-order valence-corrected chi connectivity index (χ2v) is 9.76. The van der Waals surface area contributed by atoms with E-state index in [1.165, 1.54) is 6.07 Å². The molecule has 3 N–H and O–H groups in total. The smallest absolute Gasteiger partial charge is 0.343 e. The van der Waals surface area contributed by atoms with Gasteiger partial charge in [-0.3, -0.25) is 9.36 Å². The molecule has 38 heavy (non-hydrogen) atoms. The number of imidazole rings is 1. The number of hydrogen-bond donors (Lipinski definition) is 3. The summed E-state index contributed by atoms with van der Waals surface area (Å²) in [6.07, 6.45) is 0.0651. The van der Waals surface area contributed by atoms with Gasteiger partial charge in [0.25, 0.3) is 5.56 Å². The van der Waals surface area contributed by atoms with Gasteiger partial charge in [-0.25, -0.2) is 14.6 Å². The molecule has 2 aliphatic rings. The van der Waals surface area contributed by atoms with Crippen LogP contribution in [-0.2, 0) is 34.8 Å². The van der Waals surface area contributed by atoms with Gasteiger partial charge in [-0.05, 0) is 42.8 Å². The number of ether oxygens (including phenoxy) is 1. The first-order valence-electron chi connectivity index (χ1n) is 12.3. The molecule has 2 aromatic carbocycles. The van der Waals surface area contributed by atoms with E-state index in [1.807, 2.05) is 30.3 Å². The molecular formula is C28H22N4O6. The summed E-state index contributed by atoms with van der Waals surface area (Å²) >= 11 is 0. The van der Waals surface area contributed by atoms with Crippen LogP contribution in [0.1, 0.15) is 35.6 Å². The quantitative estimate of drug-likeness (QED) is 0.311. The molecule has 7 rings (SSSR count). The van der Waals surface area contributed by atoms with Gasteiger partial charge in [-0.1, -0.05) is 19.1 Å². The molecule has 5 aromatic rings. The van der Waals surface area contributed by atoms with Crippen molar-refractivity contribution >= 4 is 27.9 Å². The van der Waals surface area contributed by atoms with Crippen molar-refractivity contribution in [2.75, 3.05) is 0 Å². The van der Waals surface area contributed by atoms with Crippen molar-refractivity contribution in [2.24, 2.45) is 0 Å². The number of carbonyl (C=O) groups excluding carboxylic acids is 1. The minimum atomic E-state index is -1.90. The van der Waals surface area contributed by atoms with Crippen molar-refractivity contribution in [1.82, 2.24) is 19.1 Å². The SMILES string of the molecule is CC[C@@]1(O)C(=O)OCc2c1cc1n(c2=O)Cc2cc3c(Cn4c(=O)[nH]c5ccccc54)c(O)ccc3nc2-1. The highest BCUT2D eigenvalue weighted by Crippen LogP contribution is 2.39. The Bertz CT molecular complexity index is 1970. The van der Waals surface area contributed by atoms with Crippen LogP contribution in [0.15, 0.2) is 58.1 Å². The number of para-hydroxylation sites is 2. The number of aromatic hydroxyl groups is 1. The molecule has 2 aliphatic heterocycles. The number of rotatable bonds is 3. The first-order valence-corrected chi connectivity index (χ1v) is 12.3. The first kappa shape index (κ1) is 22.5. The monoisotopic (exact) mass is 510 g/mol. The number of hydrogen-bond acceptors (Lipinski definition) is 7. The number of aliphatic hydroxyl groups is 1. The van der Waals surface area contributed by atoms with Crippen LogP contribution >= 0.6 is 0 Å². The molecule has 10 heteroatoms. The van der Waals surface area contributed by atoms with Gasteiger partial charge in [-0.2, -0.15) is 0 Å². The van der Waals surface area contributed by atoms with E-state index in [1.54, 1.807) is 28.2 Å². The summed E-state index contributed by atoms with van der Waals surface area (Å²) in [5, 5.41) is 22.5. The summed E-state index contributed by atoms with van der Waals surface area (Å²) in [4.78, 5) is 46.2. The lowest BCUT2D eigenvalue weighted by molar-refractivity contribution is -0.172. The Hall–Kier alpha value is -4.70. The number of phenolic OH excluding ortho intramolecular Hbond substituents is 1. The van der Waals surface area contributed by atoms with Crippen LogP contribution < -0.4 is 11.2 Å². The maximum Gasteiger partial charge on any atom is 0.343 e. The summed E-state index contributed by atoms with van der Waals surface area (Å²) in [6, 6.07) is 14.1. The second-order valence-electron chi connectivity index (χ2n) is 9.76. The average molecular weight is 511 g/mol. The van der Waals surface area contributed by atoms with Gasteiger partial charge in [-0.15, -0.1) is 0 Å². The predicted octanol–water partition coefficient (Wildman–Crippen LogP) is 2.48. The summed E-state index contributed by atoms with van der Waals surface area (Å²) in [5.74, 6) is -0.738. The van der Waals surface area contributed by atoms with E-state index in [0.29, 0.717) is 38.9 Å². The van der Waals surface area contributed by atoms with Crippen molar-refractivity contribution in [2.45, 2.75) is 38.6 Å². The molecule has 0 spiro atoms. The number of carbonyl (C=O) groups is 1. The van der Waals surface area contributed by atoms with E-state index >= 15 is 0 Å². The van der Waals surface area contributed by atoms with Gasteiger partial charge in [0.15, 0.2) is 5.60 Å². The minimum Gasteiger partial charge on any atom is -0.508 e. The van der Waals surface area contributed by atoms with Gasteiger partial charge in [0.1, 0.15) is 12.4 Å². The molecule has 0 saturated carbocycles. The largest absolute Gasteiger partial charge is 0.508 e. The number of cyclic esters (lactones) is 1. The van der Waals surface area contributed by atoms with Crippen LogP contribution in [0.3, 0.4) is 0 Å². The maximum absolute atomic E-state index is 13.4. The lowest BCUT2D eigenvalue weighted by Gasteiger charge is -2.31. The number of fused-ring (bicyclic) bond motifs is 6. The fourth-order valence-corrected chi connectivity index (χ4v) is 5.69. The van der Waals surface area contributed by atoms with Crippen molar-refractivity contribution in [3.05, 3.63) is 91.6 Å². The lowest BCUT2D eigenvalue weighted by Crippen LogP contribution is -2.44. The Labute approximate surface area is 214 Å². The Morgan fingerprint density at radius 1 is 1.13 bits per heavy atom. The van der Waals surface area contributed by atoms with Crippen LogP contribution in [0.2, 0.25) is 0 Å². The van der Waals surface area contributed by atoms with E-state index in [2.05, 4.69) is 4.98 Å². The number of benzene rings is 2. The molecule has 3 aromatic heterocycles. The summed E-state index contributed by atoms with van der Waals surface area (Å²) in [5.41, 5.74) is 2.34. The van der Waals surface area contributed by atoms with Gasteiger partial charge in [0, 0.05) is 22.1 Å². The highest BCUT2D eigenvalue weighted by molar-refractivity contribution is 5.89. The lowest BCUT2D eigenvalue weighted by atomic mass is 9.86. The molecule has 0 bridgehead atoms. The zero-order valence-corrected chi connectivity index (χ0v) is 20.3. The average Bonchev–Trinajstić information content (AvgIpc) is 3.43. The summed E-state index contributed by atoms with van der Waals surface area (Å²) in [7, 11) is 0. The standard InChI is InChI=1S/C28H22N4O6/c1-2-28(37)18-10-22-24-14(11-31(22)25(34)17(18)13-38-26(28)35)9-15-16(23(33)8-7-19(15)29-24)12-32-21-6-4-3-5-20(21)30-27(32)36/h3-10,33,37H,2,11-13H2,1H3,(H,30,36)/t28-/m0/s1. The van der Waals surface area contributed by atoms with Crippen LogP contribution in [0.4, 0.5) is 0 Å². The molecule has 10 nitrogen and oxygen atoms in total. The molecule has 0 aliphatic carbocycles. The highest BCUT2D eigenvalue weighted by atomic mass is 16.6. The fraction of sp³-hybridized carbons (Fsp3) is 0.214. The van der Waals surface area contributed by atoms with Crippen molar-refractivity contribution in [3.8, 4) is 17.1 Å². The van der Waals surface area contributed by atoms with Crippen LogP contribution in [0, 0.1) is 0 Å². The van der Waals surface area contributed by atoms with E-state index in [-0.39, 0.29) is 54.2 Å². The Morgan fingerprint density at radius 3 is 2.76 bits per heavy atom. The molecule has 0 fully saturated rings. The third-order valence-corrected chi connectivity index (χ3v) is 7.78. The molecule has 0 radical (unpaired) electrons. The number of phenols is 1. The van der Waals surface area contributed by atoms with Crippen molar-refractivity contribution in [3.63, 3.8) is 0 Å². The first-order chi connectivity index (χ1) is 18.3. The molecule has 1 atom stereocenters. The van der Waals surface area contributed by atoms with E-state index in [4.69, 9.17) is 9.72 Å². The zero-order chi connectivity index (χ0) is 26.3. The van der Waals surface area contributed by atoms with Gasteiger partial charge >= 0.3 is 11.7 Å². The number of H-pyrrole nitrogens is 1.